The topological polar surface area (TPSA) is 0 Å². The summed E-state index contributed by atoms with van der Waals surface area (Å²) in [6.07, 6.45) is 9.53. The van der Waals surface area contributed by atoms with Crippen LogP contribution in [0.1, 0.15) is 52.4 Å². The molecule has 16 heavy (non-hydrogen) atoms. The molecule has 4 atom stereocenters. The normalized spacial score (nSPS) is 38.2. The van der Waals surface area contributed by atoms with E-state index in [4.69, 9.17) is 0 Å². The van der Waals surface area contributed by atoms with Crippen molar-refractivity contribution < 1.29 is 0 Å². The van der Waals surface area contributed by atoms with E-state index in [1.807, 2.05) is 13.8 Å². The molecule has 0 aromatic rings. The maximum atomic E-state index is 3.79. The van der Waals surface area contributed by atoms with Crippen molar-refractivity contribution in [2.24, 2.45) is 23.7 Å². The second kappa shape index (κ2) is 7.92. The van der Waals surface area contributed by atoms with Crippen LogP contribution in [0.4, 0.5) is 0 Å². The molecule has 96 valence electrons. The number of hydrogen-bond donors (Lipinski definition) is 2. The highest BCUT2D eigenvalue weighted by Crippen LogP contribution is 2.58. The van der Waals surface area contributed by atoms with E-state index in [0.29, 0.717) is 0 Å². The fraction of sp³-hybridized carbons (Fsp3) is 1.00. The molecule has 0 N–H and O–H groups in total. The van der Waals surface area contributed by atoms with Crippen molar-refractivity contribution in [1.29, 1.82) is 0 Å². The van der Waals surface area contributed by atoms with Gasteiger partial charge < -0.3 is 0 Å². The van der Waals surface area contributed by atoms with Gasteiger partial charge in [0.2, 0.25) is 0 Å². The maximum Gasteiger partial charge on any atom is -0.0126 e. The van der Waals surface area contributed by atoms with E-state index in [1.165, 1.54) is 23.7 Å². The first-order valence-corrected chi connectivity index (χ1v) is 8.26. The standard InChI is InChI=1S/C10H16.2C2H6S/c1-2-9-7-4-5-8(6-7)10(9)3-1;2*1-2-3/h7-10H,1-6H2;2*3H,2H2,1H3. The van der Waals surface area contributed by atoms with Gasteiger partial charge in [-0.15, -0.1) is 0 Å². The average molecular weight is 261 g/mol. The summed E-state index contributed by atoms with van der Waals surface area (Å²) in [5.74, 6) is 6.69. The van der Waals surface area contributed by atoms with E-state index in [-0.39, 0.29) is 0 Å². The summed E-state index contributed by atoms with van der Waals surface area (Å²) in [6.45, 7) is 3.98. The van der Waals surface area contributed by atoms with Gasteiger partial charge in [-0.2, -0.15) is 25.3 Å². The third kappa shape index (κ3) is 3.60. The fourth-order valence-corrected chi connectivity index (χ4v) is 4.02. The first-order chi connectivity index (χ1) is 7.78. The van der Waals surface area contributed by atoms with Gasteiger partial charge in [-0.1, -0.05) is 20.3 Å². The van der Waals surface area contributed by atoms with Crippen LogP contribution in [0.5, 0.6) is 0 Å². The summed E-state index contributed by atoms with van der Waals surface area (Å²) in [7, 11) is 0. The first kappa shape index (κ1) is 14.8. The Kier molecular flexibility index (Phi) is 7.30. The van der Waals surface area contributed by atoms with Crippen molar-refractivity contribution in [1.82, 2.24) is 0 Å². The number of hydrogen-bond acceptors (Lipinski definition) is 2. The van der Waals surface area contributed by atoms with Gasteiger partial charge in [0, 0.05) is 0 Å². The molecular formula is C14H28S2. The molecule has 3 rings (SSSR count). The van der Waals surface area contributed by atoms with E-state index in [1.54, 1.807) is 38.5 Å². The van der Waals surface area contributed by atoms with Gasteiger partial charge in [0.1, 0.15) is 0 Å². The zero-order valence-corrected chi connectivity index (χ0v) is 12.6. The Hall–Kier alpha value is 0.700. The van der Waals surface area contributed by atoms with Gasteiger partial charge in [0.15, 0.2) is 0 Å². The Morgan fingerprint density at radius 2 is 1.19 bits per heavy atom. The highest BCUT2D eigenvalue weighted by atomic mass is 32.1. The minimum atomic E-state index is 0.944. The van der Waals surface area contributed by atoms with Crippen LogP contribution in [0.25, 0.3) is 0 Å². The van der Waals surface area contributed by atoms with E-state index >= 15 is 0 Å². The number of fused-ring (bicyclic) bond motifs is 5. The Balaban J connectivity index is 0.000000185. The lowest BCUT2D eigenvalue weighted by Gasteiger charge is -2.23. The van der Waals surface area contributed by atoms with Crippen LogP contribution >= 0.6 is 25.3 Å². The van der Waals surface area contributed by atoms with E-state index in [9.17, 15) is 0 Å². The molecule has 0 amide bonds. The molecule has 0 aromatic carbocycles. The van der Waals surface area contributed by atoms with Gasteiger partial charge in [0.05, 0.1) is 0 Å². The Bertz CT molecular complexity index is 164. The summed E-state index contributed by atoms with van der Waals surface area (Å²) in [6, 6.07) is 0. The Morgan fingerprint density at radius 1 is 0.812 bits per heavy atom. The third-order valence-electron chi connectivity index (χ3n) is 4.35. The molecule has 0 nitrogen and oxygen atoms in total. The monoisotopic (exact) mass is 260 g/mol. The van der Waals surface area contributed by atoms with Crippen molar-refractivity contribution in [2.75, 3.05) is 11.5 Å². The minimum absolute atomic E-state index is 0.944. The van der Waals surface area contributed by atoms with Gasteiger partial charge in [-0.3, -0.25) is 0 Å². The maximum absolute atomic E-state index is 3.79. The zero-order valence-electron chi connectivity index (χ0n) is 10.9. The van der Waals surface area contributed by atoms with Gasteiger partial charge >= 0.3 is 0 Å². The molecule has 3 aliphatic rings. The summed E-state index contributed by atoms with van der Waals surface area (Å²) >= 11 is 7.58. The third-order valence-corrected chi connectivity index (χ3v) is 4.35. The summed E-state index contributed by atoms with van der Waals surface area (Å²) in [4.78, 5) is 0. The van der Waals surface area contributed by atoms with Crippen LogP contribution in [0, 0.1) is 23.7 Å². The number of thiol groups is 2. The molecule has 0 heterocycles. The zero-order chi connectivity index (χ0) is 12.0. The molecule has 3 aliphatic carbocycles. The molecule has 0 saturated heterocycles. The molecule has 2 bridgehead atoms. The lowest BCUT2D eigenvalue weighted by atomic mass is 9.82. The van der Waals surface area contributed by atoms with Crippen LogP contribution in [0.2, 0.25) is 0 Å². The van der Waals surface area contributed by atoms with Crippen molar-refractivity contribution in [2.45, 2.75) is 52.4 Å². The van der Waals surface area contributed by atoms with Crippen LogP contribution < -0.4 is 0 Å². The Labute approximate surface area is 113 Å². The average Bonchev–Trinajstić information content (AvgIpc) is 2.94. The Morgan fingerprint density at radius 3 is 1.56 bits per heavy atom. The van der Waals surface area contributed by atoms with Crippen molar-refractivity contribution in [3.8, 4) is 0 Å². The van der Waals surface area contributed by atoms with Gasteiger partial charge in [-0.25, -0.2) is 0 Å². The lowest BCUT2D eigenvalue weighted by molar-refractivity contribution is 0.259. The van der Waals surface area contributed by atoms with Crippen LogP contribution in [0.3, 0.4) is 0 Å². The van der Waals surface area contributed by atoms with E-state index in [2.05, 4.69) is 25.3 Å². The molecule has 2 heteroatoms. The van der Waals surface area contributed by atoms with Crippen molar-refractivity contribution >= 4 is 25.3 Å². The van der Waals surface area contributed by atoms with E-state index < -0.39 is 0 Å². The summed E-state index contributed by atoms with van der Waals surface area (Å²) in [5.41, 5.74) is 0. The molecule has 0 spiro atoms. The predicted molar refractivity (Wildman–Crippen MR) is 80.7 cm³/mol. The van der Waals surface area contributed by atoms with Crippen LogP contribution in [0.15, 0.2) is 0 Å². The highest BCUT2D eigenvalue weighted by molar-refractivity contribution is 7.80. The van der Waals surface area contributed by atoms with Crippen LogP contribution in [-0.2, 0) is 0 Å². The lowest BCUT2D eigenvalue weighted by Crippen LogP contribution is -2.15. The molecule has 3 saturated carbocycles. The second-order valence-corrected chi connectivity index (χ2v) is 6.49. The smallest absolute Gasteiger partial charge is 0.0126 e. The summed E-state index contributed by atoms with van der Waals surface area (Å²) < 4.78 is 0. The minimum Gasteiger partial charge on any atom is -0.180 e. The van der Waals surface area contributed by atoms with Crippen molar-refractivity contribution in [3.05, 3.63) is 0 Å². The predicted octanol–water partition coefficient (Wildman–Crippen LogP) is 4.70. The molecule has 4 unspecified atom stereocenters. The van der Waals surface area contributed by atoms with Crippen LogP contribution in [-0.4, -0.2) is 11.5 Å². The number of rotatable bonds is 0. The van der Waals surface area contributed by atoms with E-state index in [0.717, 1.165) is 11.5 Å². The van der Waals surface area contributed by atoms with Gasteiger partial charge in [-0.05, 0) is 67.3 Å². The highest BCUT2D eigenvalue weighted by Gasteiger charge is 2.48. The molecule has 0 aromatic heterocycles. The summed E-state index contributed by atoms with van der Waals surface area (Å²) in [5, 5.41) is 0. The molecule has 0 radical (unpaired) electrons. The largest absolute Gasteiger partial charge is 0.180 e. The van der Waals surface area contributed by atoms with Gasteiger partial charge in [0.25, 0.3) is 0 Å². The molecule has 3 fully saturated rings. The quantitative estimate of drug-likeness (QED) is 0.579. The fourth-order valence-electron chi connectivity index (χ4n) is 4.02. The van der Waals surface area contributed by atoms with Crippen molar-refractivity contribution in [3.63, 3.8) is 0 Å². The molecular weight excluding hydrogens is 232 g/mol. The molecule has 0 aliphatic heterocycles. The second-order valence-electron chi connectivity index (χ2n) is 5.22. The first-order valence-electron chi connectivity index (χ1n) is 7.00. The SMILES string of the molecule is C1CC2C3CCC(C3)C2C1.CCS.CCS.